The molecule has 2 aliphatic rings. The molecule has 2 bridgehead atoms. The molecular weight excluding hydrogens is 234 g/mol. The fraction of sp³-hybridized carbons (Fsp3) is 0.929. The lowest BCUT2D eigenvalue weighted by atomic mass is 9.86. The summed E-state index contributed by atoms with van der Waals surface area (Å²) in [5, 5.41) is 3.25. The largest absolute Gasteiger partial charge is 0.351 e. The minimum absolute atomic E-state index is 0.110. The predicted molar refractivity (Wildman–Crippen MR) is 71.1 cm³/mol. The van der Waals surface area contributed by atoms with E-state index in [9.17, 15) is 4.79 Å². The minimum Gasteiger partial charge on any atom is -0.351 e. The van der Waals surface area contributed by atoms with Crippen LogP contribution in [0.25, 0.3) is 0 Å². The van der Waals surface area contributed by atoms with Gasteiger partial charge in [-0.15, -0.1) is 11.6 Å². The van der Waals surface area contributed by atoms with Crippen molar-refractivity contribution in [3.05, 3.63) is 0 Å². The Labute approximate surface area is 109 Å². The van der Waals surface area contributed by atoms with Crippen LogP contribution in [0.2, 0.25) is 0 Å². The van der Waals surface area contributed by atoms with E-state index < -0.39 is 0 Å². The number of rotatable bonds is 5. The van der Waals surface area contributed by atoms with Gasteiger partial charge in [0, 0.05) is 17.3 Å². The maximum atomic E-state index is 12.3. The Morgan fingerprint density at radius 1 is 1.41 bits per heavy atom. The van der Waals surface area contributed by atoms with Crippen molar-refractivity contribution in [1.82, 2.24) is 5.32 Å². The zero-order valence-corrected chi connectivity index (χ0v) is 11.7. The van der Waals surface area contributed by atoms with Gasteiger partial charge in [0.1, 0.15) is 0 Å². The van der Waals surface area contributed by atoms with E-state index in [0.717, 1.165) is 25.2 Å². The van der Waals surface area contributed by atoms with Gasteiger partial charge in [0.15, 0.2) is 0 Å². The van der Waals surface area contributed by atoms with Crippen LogP contribution in [0.5, 0.6) is 0 Å². The van der Waals surface area contributed by atoms with Gasteiger partial charge in [-0.05, 0) is 50.9 Å². The van der Waals surface area contributed by atoms with Crippen molar-refractivity contribution in [1.29, 1.82) is 0 Å². The van der Waals surface area contributed by atoms with Crippen molar-refractivity contribution in [2.75, 3.05) is 5.88 Å². The molecule has 0 radical (unpaired) electrons. The van der Waals surface area contributed by atoms with E-state index in [1.165, 1.54) is 19.3 Å². The van der Waals surface area contributed by atoms with Crippen LogP contribution < -0.4 is 5.32 Å². The SMILES string of the molecule is CCC(C)(CCCl)NC(=O)C1CC2CCC1C2. The Balaban J connectivity index is 1.92. The molecule has 4 unspecified atom stereocenters. The molecule has 1 amide bonds. The number of fused-ring (bicyclic) bond motifs is 2. The Bertz CT molecular complexity index is 294. The molecule has 0 spiro atoms. The van der Waals surface area contributed by atoms with Gasteiger partial charge >= 0.3 is 0 Å². The van der Waals surface area contributed by atoms with Crippen LogP contribution in [0.3, 0.4) is 0 Å². The first-order valence-corrected chi connectivity index (χ1v) is 7.49. The minimum atomic E-state index is -0.110. The van der Waals surface area contributed by atoms with Gasteiger partial charge in [0.2, 0.25) is 5.91 Å². The predicted octanol–water partition coefficient (Wildman–Crippen LogP) is 3.34. The third-order valence-corrected chi connectivity index (χ3v) is 5.12. The molecule has 4 atom stereocenters. The summed E-state index contributed by atoms with van der Waals surface area (Å²) < 4.78 is 0. The second kappa shape index (κ2) is 5.17. The van der Waals surface area contributed by atoms with Crippen molar-refractivity contribution in [2.24, 2.45) is 17.8 Å². The van der Waals surface area contributed by atoms with Crippen molar-refractivity contribution in [3.63, 3.8) is 0 Å². The van der Waals surface area contributed by atoms with Crippen LogP contribution in [0.15, 0.2) is 0 Å². The molecular formula is C14H24ClNO. The topological polar surface area (TPSA) is 29.1 Å². The average molecular weight is 258 g/mol. The molecule has 0 aromatic carbocycles. The second-order valence-corrected chi connectivity index (χ2v) is 6.50. The van der Waals surface area contributed by atoms with E-state index >= 15 is 0 Å². The van der Waals surface area contributed by atoms with E-state index in [0.29, 0.717) is 11.8 Å². The standard InChI is InChI=1S/C14H24ClNO/c1-3-14(2,6-7-15)16-13(17)12-9-10-4-5-11(12)8-10/h10-12H,3-9H2,1-2H3,(H,16,17). The molecule has 0 aromatic rings. The summed E-state index contributed by atoms with van der Waals surface area (Å²) in [6.45, 7) is 4.23. The maximum Gasteiger partial charge on any atom is 0.223 e. The molecule has 3 heteroatoms. The number of nitrogens with one attached hydrogen (secondary N) is 1. The highest BCUT2D eigenvalue weighted by atomic mass is 35.5. The molecule has 2 rings (SSSR count). The van der Waals surface area contributed by atoms with Crippen molar-refractivity contribution in [2.45, 2.75) is 57.9 Å². The molecule has 98 valence electrons. The molecule has 2 aliphatic carbocycles. The second-order valence-electron chi connectivity index (χ2n) is 6.12. The molecule has 17 heavy (non-hydrogen) atoms. The number of amides is 1. The number of halogens is 1. The summed E-state index contributed by atoms with van der Waals surface area (Å²) in [6.07, 6.45) is 6.83. The summed E-state index contributed by atoms with van der Waals surface area (Å²) >= 11 is 5.82. The van der Waals surface area contributed by atoms with E-state index in [2.05, 4.69) is 19.2 Å². The Morgan fingerprint density at radius 3 is 2.65 bits per heavy atom. The van der Waals surface area contributed by atoms with Crippen LogP contribution in [0.4, 0.5) is 0 Å². The summed E-state index contributed by atoms with van der Waals surface area (Å²) in [7, 11) is 0. The highest BCUT2D eigenvalue weighted by Crippen LogP contribution is 2.48. The molecule has 1 N–H and O–H groups in total. The lowest BCUT2D eigenvalue weighted by Crippen LogP contribution is -2.49. The summed E-state index contributed by atoms with van der Waals surface area (Å²) in [4.78, 5) is 12.3. The molecule has 0 heterocycles. The fourth-order valence-corrected chi connectivity index (χ4v) is 3.91. The molecule has 0 aliphatic heterocycles. The van der Waals surface area contributed by atoms with Gasteiger partial charge in [0.25, 0.3) is 0 Å². The van der Waals surface area contributed by atoms with E-state index in [-0.39, 0.29) is 17.4 Å². The number of hydrogen-bond acceptors (Lipinski definition) is 1. The number of hydrogen-bond donors (Lipinski definition) is 1. The van der Waals surface area contributed by atoms with Crippen molar-refractivity contribution in [3.8, 4) is 0 Å². The highest BCUT2D eigenvalue weighted by molar-refractivity contribution is 6.17. The monoisotopic (exact) mass is 257 g/mol. The lowest BCUT2D eigenvalue weighted by molar-refractivity contribution is -0.128. The zero-order chi connectivity index (χ0) is 12.5. The molecule has 2 saturated carbocycles. The first kappa shape index (κ1) is 13.2. The van der Waals surface area contributed by atoms with Gasteiger partial charge in [-0.25, -0.2) is 0 Å². The third kappa shape index (κ3) is 2.78. The van der Waals surface area contributed by atoms with Gasteiger partial charge in [-0.2, -0.15) is 0 Å². The quantitative estimate of drug-likeness (QED) is 0.752. The molecule has 0 saturated heterocycles. The smallest absolute Gasteiger partial charge is 0.223 e. The Hall–Kier alpha value is -0.240. The maximum absolute atomic E-state index is 12.3. The first-order chi connectivity index (χ1) is 8.08. The van der Waals surface area contributed by atoms with Crippen LogP contribution in [-0.4, -0.2) is 17.3 Å². The summed E-state index contributed by atoms with van der Waals surface area (Å²) in [6, 6.07) is 0. The normalized spacial score (nSPS) is 34.6. The summed E-state index contributed by atoms with van der Waals surface area (Å²) in [5.41, 5.74) is -0.110. The molecule has 2 fully saturated rings. The highest BCUT2D eigenvalue weighted by Gasteiger charge is 2.44. The van der Waals surface area contributed by atoms with Crippen LogP contribution >= 0.6 is 11.6 Å². The first-order valence-electron chi connectivity index (χ1n) is 6.96. The average Bonchev–Trinajstić information content (AvgIpc) is 2.91. The van der Waals surface area contributed by atoms with Crippen molar-refractivity contribution < 1.29 is 4.79 Å². The molecule has 0 aromatic heterocycles. The van der Waals surface area contributed by atoms with E-state index in [1.54, 1.807) is 0 Å². The molecule has 2 nitrogen and oxygen atoms in total. The number of carbonyl (C=O) groups is 1. The van der Waals surface area contributed by atoms with Crippen LogP contribution in [0, 0.1) is 17.8 Å². The Morgan fingerprint density at radius 2 is 2.18 bits per heavy atom. The van der Waals surface area contributed by atoms with E-state index in [4.69, 9.17) is 11.6 Å². The van der Waals surface area contributed by atoms with Gasteiger partial charge in [-0.1, -0.05) is 13.3 Å². The summed E-state index contributed by atoms with van der Waals surface area (Å²) in [5.74, 6) is 2.68. The van der Waals surface area contributed by atoms with Gasteiger partial charge in [0.05, 0.1) is 0 Å². The van der Waals surface area contributed by atoms with Crippen LogP contribution in [0.1, 0.15) is 52.4 Å². The number of alkyl halides is 1. The van der Waals surface area contributed by atoms with E-state index in [1.807, 2.05) is 0 Å². The van der Waals surface area contributed by atoms with Crippen LogP contribution in [-0.2, 0) is 4.79 Å². The third-order valence-electron chi connectivity index (χ3n) is 4.93. The van der Waals surface area contributed by atoms with Gasteiger partial charge < -0.3 is 5.32 Å². The van der Waals surface area contributed by atoms with Gasteiger partial charge in [-0.3, -0.25) is 4.79 Å². The lowest BCUT2D eigenvalue weighted by Gasteiger charge is -2.32. The number of carbonyl (C=O) groups excluding carboxylic acids is 1. The Kier molecular flexibility index (Phi) is 4.02. The zero-order valence-electron chi connectivity index (χ0n) is 11.0. The van der Waals surface area contributed by atoms with Crippen molar-refractivity contribution >= 4 is 17.5 Å². The fourth-order valence-electron chi connectivity index (χ4n) is 3.49.